The lowest BCUT2D eigenvalue weighted by molar-refractivity contribution is -0.126. The number of imidazole rings is 1. The Bertz CT molecular complexity index is 1370. The molecule has 2 aliphatic rings. The van der Waals surface area contributed by atoms with Crippen molar-refractivity contribution in [1.29, 1.82) is 0 Å². The van der Waals surface area contributed by atoms with Crippen LogP contribution >= 0.6 is 0 Å². The summed E-state index contributed by atoms with van der Waals surface area (Å²) in [5.74, 6) is 1.09. The van der Waals surface area contributed by atoms with Crippen molar-refractivity contribution < 1.29 is 9.59 Å². The maximum Gasteiger partial charge on any atom is 0.258 e. The summed E-state index contributed by atoms with van der Waals surface area (Å²) in [6, 6.07) is 10.1. The van der Waals surface area contributed by atoms with Gasteiger partial charge in [-0.1, -0.05) is 19.1 Å². The fourth-order valence-electron chi connectivity index (χ4n) is 6.05. The zero-order chi connectivity index (χ0) is 27.5. The van der Waals surface area contributed by atoms with Crippen molar-refractivity contribution in [3.8, 4) is 0 Å². The number of aromatic nitrogens is 3. The molecular weight excluding hydrogens is 488 g/mol. The van der Waals surface area contributed by atoms with Crippen molar-refractivity contribution >= 4 is 28.8 Å². The van der Waals surface area contributed by atoms with Gasteiger partial charge in [-0.25, -0.2) is 4.98 Å². The highest BCUT2D eigenvalue weighted by Gasteiger charge is 2.27. The van der Waals surface area contributed by atoms with Gasteiger partial charge in [0.05, 0.1) is 17.1 Å². The molecule has 1 N–H and O–H groups in total. The summed E-state index contributed by atoms with van der Waals surface area (Å²) in [7, 11) is 0. The number of fused-ring (bicyclic) bond motifs is 1. The second-order valence-electron chi connectivity index (χ2n) is 11.3. The number of nitrogens with zero attached hydrogens (tertiary/aromatic N) is 5. The minimum atomic E-state index is -0.207. The van der Waals surface area contributed by atoms with E-state index in [1.54, 1.807) is 24.3 Å². The molecule has 2 fully saturated rings. The molecule has 0 aliphatic carbocycles. The summed E-state index contributed by atoms with van der Waals surface area (Å²) in [6.07, 6.45) is 7.55. The molecule has 206 valence electrons. The van der Waals surface area contributed by atoms with E-state index < -0.39 is 0 Å². The Balaban J connectivity index is 1.51. The van der Waals surface area contributed by atoms with Gasteiger partial charge in [0.2, 0.25) is 11.9 Å². The topological polar surface area (TPSA) is 83.4 Å². The molecule has 2 saturated heterocycles. The molecule has 39 heavy (non-hydrogen) atoms. The van der Waals surface area contributed by atoms with Crippen LogP contribution in [0.25, 0.3) is 11.0 Å². The van der Waals surface area contributed by atoms with Crippen LogP contribution < -0.4 is 5.32 Å². The Kier molecular flexibility index (Phi) is 8.12. The summed E-state index contributed by atoms with van der Waals surface area (Å²) in [6.45, 7) is 12.4. The molecule has 0 bridgehead atoms. The van der Waals surface area contributed by atoms with Gasteiger partial charge in [0.25, 0.3) is 5.91 Å². The van der Waals surface area contributed by atoms with Crippen LogP contribution in [0.1, 0.15) is 72.9 Å². The number of benzene rings is 1. The van der Waals surface area contributed by atoms with Gasteiger partial charge in [-0.15, -0.1) is 0 Å². The normalized spacial score (nSPS) is 20.6. The van der Waals surface area contributed by atoms with Crippen LogP contribution in [0.3, 0.4) is 0 Å². The van der Waals surface area contributed by atoms with E-state index in [1.807, 2.05) is 25.7 Å². The SMILES string of the molecule is C/C=C/C(=O)N1CCCC[C@@H](n2c(NC(=O)c3cc(C)nc(C)c3)nc3cc(CN4CC[C@H](C)C4)ccc32)C1. The van der Waals surface area contributed by atoms with E-state index >= 15 is 0 Å². The Hall–Kier alpha value is -3.52. The van der Waals surface area contributed by atoms with Crippen LogP contribution in [0, 0.1) is 19.8 Å². The van der Waals surface area contributed by atoms with Crippen LogP contribution in [0.4, 0.5) is 5.95 Å². The predicted octanol–water partition coefficient (Wildman–Crippen LogP) is 5.27. The number of amides is 2. The van der Waals surface area contributed by atoms with E-state index in [2.05, 4.69) is 44.9 Å². The van der Waals surface area contributed by atoms with Crippen molar-refractivity contribution in [2.45, 2.75) is 66.0 Å². The lowest BCUT2D eigenvalue weighted by Gasteiger charge is -2.26. The summed E-state index contributed by atoms with van der Waals surface area (Å²) in [5.41, 5.74) is 5.25. The van der Waals surface area contributed by atoms with Crippen molar-refractivity contribution in [2.24, 2.45) is 5.92 Å². The average molecular weight is 529 g/mol. The monoisotopic (exact) mass is 528 g/mol. The van der Waals surface area contributed by atoms with Gasteiger partial charge in [0, 0.05) is 43.1 Å². The Morgan fingerprint density at radius 1 is 1.03 bits per heavy atom. The first-order valence-corrected chi connectivity index (χ1v) is 14.2. The smallest absolute Gasteiger partial charge is 0.258 e. The number of rotatable bonds is 6. The molecule has 8 nitrogen and oxygen atoms in total. The standard InChI is InChI=1S/C31H40N6O2/c1-5-8-29(38)36-13-7-6-9-26(20-36)37-28-11-10-24(19-35-14-12-21(2)18-35)17-27(28)33-31(37)34-30(39)25-15-22(3)32-23(4)16-25/h5,8,10-11,15-17,21,26H,6-7,9,12-14,18-20H2,1-4H3,(H,33,34,39)/b8-5+/t21-,26+/m0/s1. The lowest BCUT2D eigenvalue weighted by atomic mass is 10.1. The zero-order valence-corrected chi connectivity index (χ0v) is 23.6. The zero-order valence-electron chi connectivity index (χ0n) is 23.6. The van der Waals surface area contributed by atoms with Gasteiger partial charge in [0.15, 0.2) is 0 Å². The summed E-state index contributed by atoms with van der Waals surface area (Å²) >= 11 is 0. The van der Waals surface area contributed by atoms with E-state index in [0.29, 0.717) is 18.1 Å². The van der Waals surface area contributed by atoms with Crippen molar-refractivity contribution in [3.05, 3.63) is 65.0 Å². The summed E-state index contributed by atoms with van der Waals surface area (Å²) in [5, 5.41) is 3.11. The number of anilines is 1. The van der Waals surface area contributed by atoms with Crippen molar-refractivity contribution in [1.82, 2.24) is 24.3 Å². The second-order valence-corrected chi connectivity index (χ2v) is 11.3. The Labute approximate surface area is 231 Å². The average Bonchev–Trinajstić information content (AvgIpc) is 3.36. The number of likely N-dealkylation sites (tertiary alicyclic amines) is 2. The molecule has 0 saturated carbocycles. The lowest BCUT2D eigenvalue weighted by Crippen LogP contribution is -2.34. The van der Waals surface area contributed by atoms with Crippen LogP contribution in [-0.4, -0.2) is 62.3 Å². The molecular formula is C31H40N6O2. The largest absolute Gasteiger partial charge is 0.337 e. The molecule has 0 unspecified atom stereocenters. The first kappa shape index (κ1) is 27.1. The molecule has 8 heteroatoms. The number of nitrogens with one attached hydrogen (secondary N) is 1. The third kappa shape index (κ3) is 6.22. The number of aryl methyl sites for hydroxylation is 2. The number of allylic oxidation sites excluding steroid dienone is 1. The van der Waals surface area contributed by atoms with Crippen LogP contribution in [0.5, 0.6) is 0 Å². The first-order chi connectivity index (χ1) is 18.8. The van der Waals surface area contributed by atoms with Crippen LogP contribution in [0.2, 0.25) is 0 Å². The minimum Gasteiger partial charge on any atom is -0.337 e. The highest BCUT2D eigenvalue weighted by atomic mass is 16.2. The van der Waals surface area contributed by atoms with Gasteiger partial charge in [-0.2, -0.15) is 0 Å². The fraction of sp³-hybridized carbons (Fsp3) is 0.484. The highest BCUT2D eigenvalue weighted by molar-refractivity contribution is 6.04. The summed E-state index contributed by atoms with van der Waals surface area (Å²) < 4.78 is 2.15. The van der Waals surface area contributed by atoms with Crippen LogP contribution in [-0.2, 0) is 11.3 Å². The van der Waals surface area contributed by atoms with Gasteiger partial charge in [0.1, 0.15) is 0 Å². The third-order valence-corrected chi connectivity index (χ3v) is 7.87. The quantitative estimate of drug-likeness (QED) is 0.441. The maximum atomic E-state index is 13.4. The van der Waals surface area contributed by atoms with E-state index in [1.165, 1.54) is 12.0 Å². The van der Waals surface area contributed by atoms with Crippen molar-refractivity contribution in [2.75, 3.05) is 31.5 Å². The first-order valence-electron chi connectivity index (χ1n) is 14.2. The fourth-order valence-corrected chi connectivity index (χ4v) is 6.05. The number of hydrogen-bond donors (Lipinski definition) is 1. The molecule has 0 radical (unpaired) electrons. The van der Waals surface area contributed by atoms with Crippen molar-refractivity contribution in [3.63, 3.8) is 0 Å². The van der Waals surface area contributed by atoms with Gasteiger partial charge < -0.3 is 9.47 Å². The van der Waals surface area contributed by atoms with Gasteiger partial charge in [-0.05, 0) is 94.8 Å². The molecule has 2 amide bonds. The van der Waals surface area contributed by atoms with Gasteiger partial charge >= 0.3 is 0 Å². The molecule has 1 aromatic carbocycles. The van der Waals surface area contributed by atoms with E-state index in [0.717, 1.165) is 73.8 Å². The Morgan fingerprint density at radius 2 is 1.82 bits per heavy atom. The van der Waals surface area contributed by atoms with E-state index in [-0.39, 0.29) is 17.9 Å². The number of carbonyl (C=O) groups is 2. The maximum absolute atomic E-state index is 13.4. The number of hydrogen-bond acceptors (Lipinski definition) is 5. The van der Waals surface area contributed by atoms with E-state index in [9.17, 15) is 9.59 Å². The number of carbonyl (C=O) groups excluding carboxylic acids is 2. The van der Waals surface area contributed by atoms with E-state index in [4.69, 9.17) is 4.98 Å². The molecule has 0 spiro atoms. The predicted molar refractivity (Wildman–Crippen MR) is 155 cm³/mol. The highest BCUT2D eigenvalue weighted by Crippen LogP contribution is 2.31. The molecule has 3 aromatic rings. The second kappa shape index (κ2) is 11.7. The minimum absolute atomic E-state index is 0.00759. The molecule has 4 heterocycles. The summed E-state index contributed by atoms with van der Waals surface area (Å²) in [4.78, 5) is 40.0. The molecule has 2 aromatic heterocycles. The Morgan fingerprint density at radius 3 is 2.54 bits per heavy atom. The molecule has 2 atom stereocenters. The van der Waals surface area contributed by atoms with Gasteiger partial charge in [-0.3, -0.25) is 24.8 Å². The molecule has 2 aliphatic heterocycles. The number of pyridine rings is 1. The third-order valence-electron chi connectivity index (χ3n) is 7.87. The van der Waals surface area contributed by atoms with Crippen LogP contribution in [0.15, 0.2) is 42.5 Å². The molecule has 5 rings (SSSR count).